The lowest BCUT2D eigenvalue weighted by molar-refractivity contribution is -0.275. The Balaban J connectivity index is 1.33. The fourth-order valence-electron chi connectivity index (χ4n) is 4.29. The van der Waals surface area contributed by atoms with Gasteiger partial charge in [0.25, 0.3) is 17.6 Å². The molecule has 0 spiro atoms. The maximum atomic E-state index is 13.7. The summed E-state index contributed by atoms with van der Waals surface area (Å²) in [6, 6.07) is 11.0. The molecule has 198 valence electrons. The molecule has 2 amide bonds. The second-order valence-corrected chi connectivity index (χ2v) is 8.58. The van der Waals surface area contributed by atoms with E-state index in [4.69, 9.17) is 5.26 Å². The van der Waals surface area contributed by atoms with Crippen molar-refractivity contribution < 1.29 is 31.9 Å². The predicted molar refractivity (Wildman–Crippen MR) is 125 cm³/mol. The van der Waals surface area contributed by atoms with E-state index >= 15 is 0 Å². The number of fused-ring (bicyclic) bond motifs is 2. The first-order valence-electron chi connectivity index (χ1n) is 11.5. The number of nitriles is 1. The standard InChI is InChI=1S/C25H17F4N7O3/c26-17-5-2-14(8-21(17)39-25(27,28)29)11-31-22(37)19-9-20(36-24(35-19)32-12-33-36)23(38)34-18-6-3-15-7-13(10-30)1-4-16(15)18/h1-2,4-5,7-9,12,18H,3,6,11H2,(H,31,37)(H,34,38)/t18-/m0/s1. The molecule has 2 N–H and O–H groups in total. The van der Waals surface area contributed by atoms with Crippen LogP contribution in [0, 0.1) is 17.1 Å². The quantitative estimate of drug-likeness (QED) is 0.359. The highest BCUT2D eigenvalue weighted by Crippen LogP contribution is 2.32. The van der Waals surface area contributed by atoms with E-state index in [1.807, 2.05) is 0 Å². The van der Waals surface area contributed by atoms with Crippen LogP contribution in [0.2, 0.25) is 0 Å². The lowest BCUT2D eigenvalue weighted by atomic mass is 10.1. The van der Waals surface area contributed by atoms with E-state index in [0.29, 0.717) is 18.4 Å². The Morgan fingerprint density at radius 3 is 2.74 bits per heavy atom. The van der Waals surface area contributed by atoms with Crippen molar-refractivity contribution in [2.24, 2.45) is 0 Å². The normalized spacial score (nSPS) is 14.5. The summed E-state index contributed by atoms with van der Waals surface area (Å²) in [6.07, 6.45) is -2.63. The number of carbonyl (C=O) groups excluding carboxylic acids is 2. The molecule has 39 heavy (non-hydrogen) atoms. The molecule has 0 aliphatic heterocycles. The molecule has 4 aromatic rings. The van der Waals surface area contributed by atoms with Crippen molar-refractivity contribution in [2.45, 2.75) is 31.8 Å². The fraction of sp³-hybridized carbons (Fsp3) is 0.200. The van der Waals surface area contributed by atoms with Gasteiger partial charge >= 0.3 is 6.36 Å². The molecule has 2 heterocycles. The number of aryl methyl sites for hydroxylation is 1. The zero-order valence-electron chi connectivity index (χ0n) is 19.8. The molecule has 2 aromatic heterocycles. The van der Waals surface area contributed by atoms with Gasteiger partial charge < -0.3 is 15.4 Å². The summed E-state index contributed by atoms with van der Waals surface area (Å²) in [6.45, 7) is -0.280. The van der Waals surface area contributed by atoms with E-state index in [9.17, 15) is 27.2 Å². The number of halogens is 4. The number of nitrogens with zero attached hydrogens (tertiary/aromatic N) is 5. The van der Waals surface area contributed by atoms with Gasteiger partial charge in [0.15, 0.2) is 11.6 Å². The van der Waals surface area contributed by atoms with Crippen molar-refractivity contribution in [1.82, 2.24) is 30.2 Å². The summed E-state index contributed by atoms with van der Waals surface area (Å²) < 4.78 is 56.0. The lowest BCUT2D eigenvalue weighted by Crippen LogP contribution is -2.30. The Hall–Kier alpha value is -5.06. The van der Waals surface area contributed by atoms with Gasteiger partial charge in [-0.05, 0) is 53.8 Å². The first-order chi connectivity index (χ1) is 18.6. The molecule has 0 unspecified atom stereocenters. The lowest BCUT2D eigenvalue weighted by Gasteiger charge is -2.15. The summed E-state index contributed by atoms with van der Waals surface area (Å²) in [5.41, 5.74) is 2.29. The number of carbonyl (C=O) groups is 2. The number of alkyl halides is 3. The summed E-state index contributed by atoms with van der Waals surface area (Å²) >= 11 is 0. The molecule has 0 saturated heterocycles. The number of benzene rings is 2. The molecular formula is C25H17F4N7O3. The van der Waals surface area contributed by atoms with Crippen LogP contribution < -0.4 is 15.4 Å². The van der Waals surface area contributed by atoms with Crippen molar-refractivity contribution in [3.8, 4) is 11.8 Å². The molecule has 0 saturated carbocycles. The average Bonchev–Trinajstić information content (AvgIpc) is 3.54. The Morgan fingerprint density at radius 2 is 1.97 bits per heavy atom. The average molecular weight is 539 g/mol. The number of hydrogen-bond donors (Lipinski definition) is 2. The minimum absolute atomic E-state index is 0.0209. The van der Waals surface area contributed by atoms with Crippen molar-refractivity contribution in [3.05, 3.63) is 88.3 Å². The summed E-state index contributed by atoms with van der Waals surface area (Å²) in [5, 5.41) is 18.5. The van der Waals surface area contributed by atoms with Crippen LogP contribution in [0.5, 0.6) is 5.75 Å². The van der Waals surface area contributed by atoms with Crippen LogP contribution in [-0.2, 0) is 13.0 Å². The molecule has 0 fully saturated rings. The van der Waals surface area contributed by atoms with E-state index < -0.39 is 29.7 Å². The Labute approximate surface area is 217 Å². The van der Waals surface area contributed by atoms with Crippen LogP contribution in [0.3, 0.4) is 0 Å². The van der Waals surface area contributed by atoms with Gasteiger partial charge in [-0.25, -0.2) is 9.37 Å². The third kappa shape index (κ3) is 5.47. The second-order valence-electron chi connectivity index (χ2n) is 8.58. The number of hydrogen-bond acceptors (Lipinski definition) is 7. The minimum Gasteiger partial charge on any atom is -0.403 e. The Morgan fingerprint density at radius 1 is 1.15 bits per heavy atom. The molecule has 2 aromatic carbocycles. The highest BCUT2D eigenvalue weighted by molar-refractivity contribution is 5.98. The van der Waals surface area contributed by atoms with Gasteiger partial charge in [0.2, 0.25) is 0 Å². The summed E-state index contributed by atoms with van der Waals surface area (Å²) in [5.74, 6) is -3.58. The monoisotopic (exact) mass is 539 g/mol. The minimum atomic E-state index is -5.09. The van der Waals surface area contributed by atoms with E-state index in [-0.39, 0.29) is 35.3 Å². The van der Waals surface area contributed by atoms with Crippen molar-refractivity contribution in [3.63, 3.8) is 0 Å². The van der Waals surface area contributed by atoms with Crippen LogP contribution >= 0.6 is 0 Å². The van der Waals surface area contributed by atoms with Crippen LogP contribution in [0.25, 0.3) is 5.78 Å². The third-order valence-electron chi connectivity index (χ3n) is 6.05. The summed E-state index contributed by atoms with van der Waals surface area (Å²) in [7, 11) is 0. The first-order valence-corrected chi connectivity index (χ1v) is 11.5. The molecule has 0 bridgehead atoms. The van der Waals surface area contributed by atoms with Gasteiger partial charge in [-0.15, -0.1) is 13.2 Å². The fourth-order valence-corrected chi connectivity index (χ4v) is 4.29. The molecule has 1 atom stereocenters. The second kappa shape index (κ2) is 10.0. The zero-order valence-corrected chi connectivity index (χ0v) is 19.8. The largest absolute Gasteiger partial charge is 0.573 e. The van der Waals surface area contributed by atoms with Crippen LogP contribution in [-0.4, -0.2) is 37.8 Å². The van der Waals surface area contributed by atoms with Crippen LogP contribution in [0.15, 0.2) is 48.8 Å². The summed E-state index contributed by atoms with van der Waals surface area (Å²) in [4.78, 5) is 34.1. The Kier molecular flexibility index (Phi) is 6.57. The number of nitrogens with one attached hydrogen (secondary N) is 2. The van der Waals surface area contributed by atoms with E-state index in [1.165, 1.54) is 16.6 Å². The van der Waals surface area contributed by atoms with Crippen molar-refractivity contribution in [2.75, 3.05) is 0 Å². The van der Waals surface area contributed by atoms with Gasteiger partial charge in [0, 0.05) is 12.6 Å². The van der Waals surface area contributed by atoms with E-state index in [1.54, 1.807) is 18.2 Å². The predicted octanol–water partition coefficient (Wildman–Crippen LogP) is 3.38. The highest BCUT2D eigenvalue weighted by atomic mass is 19.4. The molecule has 10 nitrogen and oxygen atoms in total. The smallest absolute Gasteiger partial charge is 0.403 e. The molecule has 14 heteroatoms. The first kappa shape index (κ1) is 25.6. The molecule has 0 radical (unpaired) electrons. The number of aromatic nitrogens is 4. The Bertz CT molecular complexity index is 1650. The molecule has 5 rings (SSSR count). The number of ether oxygens (including phenoxy) is 1. The van der Waals surface area contributed by atoms with Crippen LogP contribution in [0.1, 0.15) is 55.7 Å². The van der Waals surface area contributed by atoms with Gasteiger partial charge in [-0.2, -0.15) is 19.9 Å². The maximum Gasteiger partial charge on any atom is 0.573 e. The van der Waals surface area contributed by atoms with Crippen LogP contribution in [0.4, 0.5) is 17.6 Å². The molecule has 1 aliphatic carbocycles. The van der Waals surface area contributed by atoms with Crippen molar-refractivity contribution >= 4 is 17.6 Å². The zero-order chi connectivity index (χ0) is 27.7. The molecular weight excluding hydrogens is 522 g/mol. The SMILES string of the molecule is N#Cc1ccc2c(c1)CC[C@@H]2NC(=O)c1cc(C(=O)NCc2ccc(F)c(OC(F)(F)F)c2)nc2ncnn12. The number of rotatable bonds is 6. The number of amides is 2. The third-order valence-corrected chi connectivity index (χ3v) is 6.05. The van der Waals surface area contributed by atoms with E-state index in [2.05, 4.69) is 36.5 Å². The maximum absolute atomic E-state index is 13.7. The van der Waals surface area contributed by atoms with Gasteiger partial charge in [-0.1, -0.05) is 12.1 Å². The highest BCUT2D eigenvalue weighted by Gasteiger charge is 2.32. The van der Waals surface area contributed by atoms with Gasteiger partial charge in [0.1, 0.15) is 17.7 Å². The van der Waals surface area contributed by atoms with Gasteiger partial charge in [0.05, 0.1) is 17.7 Å². The van der Waals surface area contributed by atoms with Gasteiger partial charge in [-0.3, -0.25) is 9.59 Å². The molecule has 1 aliphatic rings. The van der Waals surface area contributed by atoms with Crippen molar-refractivity contribution in [1.29, 1.82) is 5.26 Å². The topological polar surface area (TPSA) is 134 Å². The van der Waals surface area contributed by atoms with E-state index in [0.717, 1.165) is 29.6 Å².